The molecular formula is C9H12BrFN4O. The third-order valence-electron chi connectivity index (χ3n) is 1.95. The fraction of sp³-hybridized carbons (Fsp3) is 0.222. The molecule has 0 fully saturated rings. The van der Waals surface area contributed by atoms with Crippen LogP contribution in [-0.2, 0) is 0 Å². The zero-order chi connectivity index (χ0) is 12.3. The molecule has 5 N–H and O–H groups in total. The van der Waals surface area contributed by atoms with E-state index >= 15 is 0 Å². The minimum absolute atomic E-state index is 0.0116. The van der Waals surface area contributed by atoms with Crippen molar-refractivity contribution in [1.29, 1.82) is 0 Å². The maximum Gasteiger partial charge on any atom is 0.152 e. The van der Waals surface area contributed by atoms with Crippen molar-refractivity contribution >= 4 is 21.6 Å². The van der Waals surface area contributed by atoms with Gasteiger partial charge in [0.2, 0.25) is 0 Å². The van der Waals surface area contributed by atoms with Gasteiger partial charge in [0.25, 0.3) is 0 Å². The Labute approximate surface area is 101 Å². The summed E-state index contributed by atoms with van der Waals surface area (Å²) >= 11 is 3.08. The number of nitrogens with zero attached hydrogens (tertiary/aromatic N) is 2. The Morgan fingerprint density at radius 1 is 1.69 bits per heavy atom. The van der Waals surface area contributed by atoms with E-state index < -0.39 is 12.4 Å². The molecule has 0 saturated carbocycles. The van der Waals surface area contributed by atoms with Crippen LogP contribution in [0.15, 0.2) is 22.4 Å². The summed E-state index contributed by atoms with van der Waals surface area (Å²) in [5, 5.41) is 10.2. The predicted molar refractivity (Wildman–Crippen MR) is 62.0 cm³/mol. The van der Waals surface area contributed by atoms with Crippen molar-refractivity contribution < 1.29 is 9.50 Å². The van der Waals surface area contributed by atoms with Crippen molar-refractivity contribution in [3.63, 3.8) is 0 Å². The van der Waals surface area contributed by atoms with Gasteiger partial charge in [0, 0.05) is 17.7 Å². The number of nitrogens with two attached hydrogens (primary N) is 2. The zero-order valence-corrected chi connectivity index (χ0v) is 10.2. The van der Waals surface area contributed by atoms with E-state index in [4.69, 9.17) is 16.7 Å². The molecule has 88 valence electrons. The maximum atomic E-state index is 13.5. The van der Waals surface area contributed by atoms with E-state index in [1.807, 2.05) is 0 Å². The summed E-state index contributed by atoms with van der Waals surface area (Å²) < 4.78 is 14.0. The first kappa shape index (κ1) is 12.9. The Bertz CT molecular complexity index is 422. The van der Waals surface area contributed by atoms with Gasteiger partial charge >= 0.3 is 0 Å². The second-order valence-electron chi connectivity index (χ2n) is 3.11. The Morgan fingerprint density at radius 2 is 2.31 bits per heavy atom. The number of likely N-dealkylation sites (N-methyl/N-ethyl adjacent to an activating group) is 1. The molecule has 0 spiro atoms. The summed E-state index contributed by atoms with van der Waals surface area (Å²) in [5.41, 5.74) is 5.86. The lowest BCUT2D eigenvalue weighted by Crippen LogP contribution is -2.30. The number of halogens is 2. The van der Waals surface area contributed by atoms with E-state index in [1.54, 1.807) is 0 Å². The first-order chi connectivity index (χ1) is 7.47. The van der Waals surface area contributed by atoms with Gasteiger partial charge in [-0.3, -0.25) is 4.98 Å². The minimum Gasteiger partial charge on any atom is -0.395 e. The molecule has 0 radical (unpaired) electrons. The largest absolute Gasteiger partial charge is 0.395 e. The molecule has 0 aromatic carbocycles. The molecule has 0 aliphatic carbocycles. The predicted octanol–water partition coefficient (Wildman–Crippen LogP) is 0.408. The number of hydrazine groups is 1. The number of pyridine rings is 1. The number of hydrogen-bond donors (Lipinski definition) is 3. The van der Waals surface area contributed by atoms with E-state index in [0.29, 0.717) is 4.47 Å². The third kappa shape index (κ3) is 2.69. The lowest BCUT2D eigenvalue weighted by atomic mass is 10.2. The average Bonchev–Trinajstić information content (AvgIpc) is 2.17. The maximum absolute atomic E-state index is 13.5. The van der Waals surface area contributed by atoms with Crippen molar-refractivity contribution in [3.05, 3.63) is 33.9 Å². The van der Waals surface area contributed by atoms with Gasteiger partial charge < -0.3 is 15.8 Å². The molecule has 0 bridgehead atoms. The summed E-state index contributed by atoms with van der Waals surface area (Å²) in [6, 6.07) is 1.24. The lowest BCUT2D eigenvalue weighted by Gasteiger charge is -2.17. The highest BCUT2D eigenvalue weighted by molar-refractivity contribution is 9.10. The number of hydrogen-bond acceptors (Lipinski definition) is 5. The molecule has 0 atom stereocenters. The average molecular weight is 291 g/mol. The molecule has 5 nitrogen and oxygen atoms in total. The number of aliphatic hydroxyl groups excluding tert-OH is 1. The molecule has 0 saturated heterocycles. The standard InChI is InChI=1S/C9H12BrFN4O/c1-15(13)7(4-16)8(12)9-6(11)2-5(10)3-14-9/h2-3,16H,4,12-13H2,1H3/b8-7-. The van der Waals surface area contributed by atoms with Crippen LogP contribution in [0.3, 0.4) is 0 Å². The van der Waals surface area contributed by atoms with Gasteiger partial charge in [0.15, 0.2) is 5.82 Å². The monoisotopic (exact) mass is 290 g/mol. The van der Waals surface area contributed by atoms with Crippen LogP contribution in [-0.4, -0.2) is 28.8 Å². The van der Waals surface area contributed by atoms with Crippen LogP contribution in [0.5, 0.6) is 0 Å². The van der Waals surface area contributed by atoms with Gasteiger partial charge in [0.1, 0.15) is 5.69 Å². The number of aliphatic hydroxyl groups is 1. The van der Waals surface area contributed by atoms with Crippen molar-refractivity contribution in [2.24, 2.45) is 11.6 Å². The molecule has 0 unspecified atom stereocenters. The summed E-state index contributed by atoms with van der Waals surface area (Å²) in [5.74, 6) is 4.86. The highest BCUT2D eigenvalue weighted by Gasteiger charge is 2.13. The third-order valence-corrected chi connectivity index (χ3v) is 2.38. The molecule has 0 aliphatic rings. The van der Waals surface area contributed by atoms with Gasteiger partial charge in [0.05, 0.1) is 18.0 Å². The van der Waals surface area contributed by atoms with Gasteiger partial charge in [-0.25, -0.2) is 10.2 Å². The van der Waals surface area contributed by atoms with E-state index in [9.17, 15) is 4.39 Å². The van der Waals surface area contributed by atoms with Crippen LogP contribution in [0.4, 0.5) is 4.39 Å². The number of rotatable bonds is 3. The van der Waals surface area contributed by atoms with Crippen LogP contribution in [0.25, 0.3) is 5.70 Å². The zero-order valence-electron chi connectivity index (χ0n) is 8.61. The van der Waals surface area contributed by atoms with Crippen LogP contribution < -0.4 is 11.6 Å². The highest BCUT2D eigenvalue weighted by Crippen LogP contribution is 2.18. The van der Waals surface area contributed by atoms with E-state index in [-0.39, 0.29) is 17.1 Å². The highest BCUT2D eigenvalue weighted by atomic mass is 79.9. The molecule has 1 heterocycles. The van der Waals surface area contributed by atoms with Gasteiger partial charge in [-0.1, -0.05) is 0 Å². The van der Waals surface area contributed by atoms with Crippen LogP contribution >= 0.6 is 15.9 Å². The van der Waals surface area contributed by atoms with Crippen LogP contribution in [0.2, 0.25) is 0 Å². The number of aromatic nitrogens is 1. The Balaban J connectivity index is 3.27. The van der Waals surface area contributed by atoms with E-state index in [0.717, 1.165) is 5.01 Å². The molecule has 1 rings (SSSR count). The second kappa shape index (κ2) is 5.24. The Kier molecular flexibility index (Phi) is 4.22. The first-order valence-corrected chi connectivity index (χ1v) is 5.16. The van der Waals surface area contributed by atoms with Crippen molar-refractivity contribution in [1.82, 2.24) is 9.99 Å². The Hall–Kier alpha value is -1.18. The molecule has 16 heavy (non-hydrogen) atoms. The molecule has 1 aromatic rings. The summed E-state index contributed by atoms with van der Waals surface area (Å²) in [7, 11) is 1.50. The van der Waals surface area contributed by atoms with Crippen LogP contribution in [0.1, 0.15) is 5.69 Å². The quantitative estimate of drug-likeness (QED) is 0.554. The SMILES string of the molecule is CN(N)/C(CO)=C(\N)c1ncc(Br)cc1F. The van der Waals surface area contributed by atoms with Gasteiger partial charge in [-0.05, 0) is 22.0 Å². The van der Waals surface area contributed by atoms with Crippen LogP contribution in [0, 0.1) is 5.82 Å². The first-order valence-electron chi connectivity index (χ1n) is 4.36. The second-order valence-corrected chi connectivity index (χ2v) is 4.03. The fourth-order valence-electron chi connectivity index (χ4n) is 1.14. The fourth-order valence-corrected chi connectivity index (χ4v) is 1.44. The lowest BCUT2D eigenvalue weighted by molar-refractivity contribution is 0.278. The Morgan fingerprint density at radius 3 is 2.75 bits per heavy atom. The molecule has 0 aliphatic heterocycles. The molecule has 0 amide bonds. The van der Waals surface area contributed by atoms with Crippen molar-refractivity contribution in [2.45, 2.75) is 0 Å². The summed E-state index contributed by atoms with van der Waals surface area (Å²) in [4.78, 5) is 3.83. The normalized spacial score (nSPS) is 12.3. The molecular weight excluding hydrogens is 279 g/mol. The smallest absolute Gasteiger partial charge is 0.152 e. The van der Waals surface area contributed by atoms with Crippen molar-refractivity contribution in [3.8, 4) is 0 Å². The minimum atomic E-state index is -0.584. The van der Waals surface area contributed by atoms with E-state index in [2.05, 4.69) is 20.9 Å². The van der Waals surface area contributed by atoms with Gasteiger partial charge in [-0.2, -0.15) is 0 Å². The molecule has 7 heteroatoms. The summed E-state index contributed by atoms with van der Waals surface area (Å²) in [6.45, 7) is -0.393. The molecule has 1 aromatic heterocycles. The van der Waals surface area contributed by atoms with Crippen molar-refractivity contribution in [2.75, 3.05) is 13.7 Å². The van der Waals surface area contributed by atoms with E-state index in [1.165, 1.54) is 19.3 Å². The topological polar surface area (TPSA) is 88.4 Å². The summed E-state index contributed by atoms with van der Waals surface area (Å²) in [6.07, 6.45) is 1.41. The van der Waals surface area contributed by atoms with Gasteiger partial charge in [-0.15, -0.1) is 0 Å².